The fourth-order valence-electron chi connectivity index (χ4n) is 8.24. The first kappa shape index (κ1) is 20.8. The Morgan fingerprint density at radius 2 is 1.89 bits per heavy atom. The summed E-state index contributed by atoms with van der Waals surface area (Å²) in [7, 11) is 0. The third-order valence-corrected chi connectivity index (χ3v) is 10.7. The van der Waals surface area contributed by atoms with Crippen LogP contribution in [-0.2, 0) is 10.4 Å². The highest BCUT2D eigenvalue weighted by atomic mass is 32.2. The Labute approximate surface area is 215 Å². The second-order valence-corrected chi connectivity index (χ2v) is 12.1. The van der Waals surface area contributed by atoms with E-state index in [1.54, 1.807) is 12.2 Å². The molecule has 6 aliphatic rings. The lowest BCUT2D eigenvalue weighted by atomic mass is 9.59. The van der Waals surface area contributed by atoms with Crippen molar-refractivity contribution in [1.82, 2.24) is 0 Å². The van der Waals surface area contributed by atoms with Crippen LogP contribution < -0.4 is 4.90 Å². The molecule has 4 bridgehead atoms. The minimum Gasteiger partial charge on any atom is -0.386 e. The van der Waals surface area contributed by atoms with E-state index in [0.717, 1.165) is 60.9 Å². The van der Waals surface area contributed by atoms with Gasteiger partial charge in [-0.05, 0) is 64.7 Å². The summed E-state index contributed by atoms with van der Waals surface area (Å²) in [6.07, 6.45) is 2.85. The molecule has 3 N–H and O–H groups in total. The van der Waals surface area contributed by atoms with Gasteiger partial charge < -0.3 is 20.2 Å². The molecule has 3 aromatic rings. The van der Waals surface area contributed by atoms with Crippen molar-refractivity contribution in [2.45, 2.75) is 35.7 Å². The van der Waals surface area contributed by atoms with Crippen LogP contribution in [0, 0.1) is 11.8 Å². The van der Waals surface area contributed by atoms with Crippen molar-refractivity contribution < 1.29 is 24.9 Å². The number of carbonyl (C=O) groups is 2. The topological polar surface area (TPSA) is 98.1 Å². The van der Waals surface area contributed by atoms with E-state index in [0.29, 0.717) is 23.2 Å². The quantitative estimate of drug-likeness (QED) is 0.423. The number of carbonyl (C=O) groups excluding carboxylic acids is 2. The molecule has 37 heavy (non-hydrogen) atoms. The zero-order valence-corrected chi connectivity index (χ0v) is 20.5. The van der Waals surface area contributed by atoms with E-state index >= 15 is 0 Å². The van der Waals surface area contributed by atoms with Gasteiger partial charge in [0.1, 0.15) is 12.2 Å². The summed E-state index contributed by atoms with van der Waals surface area (Å²) in [6.45, 7) is 2.52. The minimum absolute atomic E-state index is 0.0141. The molecule has 182 valence electrons. The van der Waals surface area contributed by atoms with Crippen molar-refractivity contribution in [1.29, 1.82) is 0 Å². The minimum atomic E-state index is -1.59. The van der Waals surface area contributed by atoms with E-state index in [2.05, 4.69) is 4.90 Å². The Bertz CT molecular complexity index is 1770. The molecule has 0 radical (unpaired) electrons. The van der Waals surface area contributed by atoms with Crippen LogP contribution in [0.2, 0.25) is 0 Å². The number of aliphatic hydroxyl groups excluding tert-OH is 2. The molecule has 0 saturated carbocycles. The van der Waals surface area contributed by atoms with Gasteiger partial charge in [0.2, 0.25) is 5.12 Å². The summed E-state index contributed by atoms with van der Waals surface area (Å²) in [6, 6.07) is 9.64. The first-order chi connectivity index (χ1) is 17.8. The predicted octanol–water partition coefficient (Wildman–Crippen LogP) is 4.01. The number of benzene rings is 3. The summed E-state index contributed by atoms with van der Waals surface area (Å²) in [5.74, 6) is -0.536. The standard InChI is InChI=1S/C30H21NO5S/c1-11-9-19(33)30(36)15-4-2-3-12-21-13-6-8-18(32)27(34)24(13)28-23-14(29(35)37-28)5-7-17(25(21)23)31-10-16(30)20(11)26(31)22(12)15/h2-9,16,18,20,26-27,32,34,36H,10H2,1H3/t16-,18+,20-,26+,27-,30+/m0/s1. The number of hydrogen-bond donors (Lipinski definition) is 3. The lowest BCUT2D eigenvalue weighted by molar-refractivity contribution is -0.143. The van der Waals surface area contributed by atoms with Crippen molar-refractivity contribution in [3.63, 3.8) is 0 Å². The van der Waals surface area contributed by atoms with Crippen LogP contribution in [0.15, 0.2) is 53.0 Å². The van der Waals surface area contributed by atoms with E-state index in [9.17, 15) is 24.9 Å². The molecule has 7 heteroatoms. The molecule has 6 atom stereocenters. The van der Waals surface area contributed by atoms with Gasteiger partial charge in [-0.3, -0.25) is 9.59 Å². The number of aliphatic hydroxyl groups is 3. The van der Waals surface area contributed by atoms with Crippen molar-refractivity contribution in [3.05, 3.63) is 75.9 Å². The van der Waals surface area contributed by atoms with E-state index in [1.807, 2.05) is 43.3 Å². The van der Waals surface area contributed by atoms with E-state index in [-0.39, 0.29) is 28.8 Å². The van der Waals surface area contributed by atoms with Gasteiger partial charge in [0.15, 0.2) is 11.4 Å². The number of thioether (sulfide) groups is 1. The zero-order valence-electron chi connectivity index (χ0n) is 19.7. The normalized spacial score (nSPS) is 33.1. The highest BCUT2D eigenvalue weighted by Crippen LogP contribution is 2.66. The van der Waals surface area contributed by atoms with E-state index in [1.165, 1.54) is 0 Å². The summed E-state index contributed by atoms with van der Waals surface area (Å²) in [4.78, 5) is 29.6. The molecule has 3 aliphatic carbocycles. The molecular formula is C30H21NO5S. The molecule has 0 aromatic heterocycles. The van der Waals surface area contributed by atoms with Gasteiger partial charge in [-0.1, -0.05) is 35.9 Å². The van der Waals surface area contributed by atoms with Gasteiger partial charge in [-0.2, -0.15) is 0 Å². The third kappa shape index (κ3) is 2.06. The molecule has 1 saturated heterocycles. The number of nitrogens with zero attached hydrogens (tertiary/aromatic N) is 1. The maximum absolute atomic E-state index is 13.4. The lowest BCUT2D eigenvalue weighted by Gasteiger charge is -2.46. The molecule has 9 rings (SSSR count). The van der Waals surface area contributed by atoms with Gasteiger partial charge in [0, 0.05) is 50.9 Å². The average Bonchev–Trinajstić information content (AvgIpc) is 3.37. The number of anilines is 1. The largest absolute Gasteiger partial charge is 0.386 e. The summed E-state index contributed by atoms with van der Waals surface area (Å²) in [5.41, 5.74) is 5.77. The van der Waals surface area contributed by atoms with Crippen molar-refractivity contribution in [3.8, 4) is 11.1 Å². The highest BCUT2D eigenvalue weighted by molar-refractivity contribution is 8.14. The van der Waals surface area contributed by atoms with Crippen LogP contribution in [-0.4, -0.2) is 38.9 Å². The Morgan fingerprint density at radius 1 is 1.05 bits per heavy atom. The molecular weight excluding hydrogens is 486 g/mol. The Kier molecular flexibility index (Phi) is 3.51. The summed E-state index contributed by atoms with van der Waals surface area (Å²) >= 11 is 1.13. The second-order valence-electron chi connectivity index (χ2n) is 11.1. The van der Waals surface area contributed by atoms with Crippen molar-refractivity contribution >= 4 is 45.2 Å². The summed E-state index contributed by atoms with van der Waals surface area (Å²) < 4.78 is 0. The third-order valence-electron chi connectivity index (χ3n) is 9.65. The van der Waals surface area contributed by atoms with E-state index < -0.39 is 17.8 Å². The van der Waals surface area contributed by atoms with Gasteiger partial charge in [0.25, 0.3) is 0 Å². The fourth-order valence-corrected chi connectivity index (χ4v) is 9.36. The zero-order chi connectivity index (χ0) is 25.1. The van der Waals surface area contributed by atoms with Crippen LogP contribution in [0.1, 0.15) is 51.7 Å². The molecule has 6 nitrogen and oxygen atoms in total. The first-order valence-electron chi connectivity index (χ1n) is 12.6. The van der Waals surface area contributed by atoms with Gasteiger partial charge in [-0.25, -0.2) is 0 Å². The number of fused-ring (bicyclic) bond motifs is 6. The molecule has 0 unspecified atom stereocenters. The molecule has 3 aliphatic heterocycles. The molecule has 0 spiro atoms. The van der Waals surface area contributed by atoms with Crippen LogP contribution in [0.5, 0.6) is 0 Å². The maximum atomic E-state index is 13.4. The monoisotopic (exact) mass is 507 g/mol. The molecule has 1 fully saturated rings. The Balaban J connectivity index is 1.53. The van der Waals surface area contributed by atoms with Crippen LogP contribution in [0.4, 0.5) is 5.69 Å². The van der Waals surface area contributed by atoms with Gasteiger partial charge in [0.05, 0.1) is 6.04 Å². The van der Waals surface area contributed by atoms with Crippen LogP contribution >= 0.6 is 11.8 Å². The SMILES string of the molecule is CC1=CC(=O)[C@@]2(O)c3cccc4c3[C@H]3[C@@H]1[C@@H]2CN3c1ccc2c3c(c5c(c-4c13)C=C[C@@H](O)[C@@H]5O)SC2=O. The fraction of sp³-hybridized carbons (Fsp3) is 0.267. The first-order valence-corrected chi connectivity index (χ1v) is 13.4. The highest BCUT2D eigenvalue weighted by Gasteiger charge is 2.64. The summed E-state index contributed by atoms with van der Waals surface area (Å²) in [5, 5.41) is 35.6. The number of rotatable bonds is 0. The molecule has 3 aromatic carbocycles. The Morgan fingerprint density at radius 3 is 2.73 bits per heavy atom. The lowest BCUT2D eigenvalue weighted by Crippen LogP contribution is -2.51. The smallest absolute Gasteiger partial charge is 0.224 e. The van der Waals surface area contributed by atoms with Crippen LogP contribution in [0.25, 0.3) is 28.0 Å². The van der Waals surface area contributed by atoms with Crippen molar-refractivity contribution in [2.75, 3.05) is 11.4 Å². The number of hydrogen-bond acceptors (Lipinski definition) is 7. The van der Waals surface area contributed by atoms with Crippen LogP contribution in [0.3, 0.4) is 0 Å². The Hall–Kier alpha value is -3.23. The molecule has 0 amide bonds. The predicted molar refractivity (Wildman–Crippen MR) is 139 cm³/mol. The second kappa shape index (κ2) is 6.25. The van der Waals surface area contributed by atoms with Gasteiger partial charge in [-0.15, -0.1) is 0 Å². The van der Waals surface area contributed by atoms with E-state index in [4.69, 9.17) is 0 Å². The maximum Gasteiger partial charge on any atom is 0.224 e. The van der Waals surface area contributed by atoms with Crippen molar-refractivity contribution in [2.24, 2.45) is 11.8 Å². The molecule has 3 heterocycles. The van der Waals surface area contributed by atoms with Gasteiger partial charge >= 0.3 is 0 Å². The average molecular weight is 508 g/mol. The number of ketones is 1.